The summed E-state index contributed by atoms with van der Waals surface area (Å²) in [7, 11) is 1.44. The molecule has 0 aliphatic heterocycles. The van der Waals surface area contributed by atoms with E-state index in [-0.39, 0.29) is 11.9 Å². The fourth-order valence-corrected chi connectivity index (χ4v) is 2.09. The van der Waals surface area contributed by atoms with E-state index in [2.05, 4.69) is 6.92 Å². The van der Waals surface area contributed by atoms with E-state index in [0.29, 0.717) is 0 Å². The highest BCUT2D eigenvalue weighted by molar-refractivity contribution is 5.93. The highest BCUT2D eigenvalue weighted by atomic mass is 16.5. The van der Waals surface area contributed by atoms with Crippen LogP contribution in [0.4, 0.5) is 0 Å². The Balaban J connectivity index is 2.30. The van der Waals surface area contributed by atoms with Crippen LogP contribution in [0.5, 0.6) is 0 Å². The molecule has 78 valence electrons. The molecule has 1 atom stereocenters. The summed E-state index contributed by atoms with van der Waals surface area (Å²) in [6.45, 7) is 2.07. The van der Waals surface area contributed by atoms with Gasteiger partial charge in [0.1, 0.15) is 0 Å². The van der Waals surface area contributed by atoms with Gasteiger partial charge in [0, 0.05) is 0 Å². The summed E-state index contributed by atoms with van der Waals surface area (Å²) in [5, 5.41) is 0. The largest absolute Gasteiger partial charge is 0.469 e. The third-order valence-electron chi connectivity index (χ3n) is 2.89. The van der Waals surface area contributed by atoms with Crippen molar-refractivity contribution in [3.8, 4) is 0 Å². The molecule has 0 fully saturated rings. The number of esters is 1. The van der Waals surface area contributed by atoms with E-state index in [1.54, 1.807) is 0 Å². The van der Waals surface area contributed by atoms with E-state index >= 15 is 0 Å². The quantitative estimate of drug-likeness (QED) is 0.689. The lowest BCUT2D eigenvalue weighted by molar-refractivity contribution is -0.143. The number of benzene rings is 1. The fraction of sp³-hybridized carbons (Fsp3) is 0.308. The molecule has 2 heteroatoms. The SMILES string of the molecule is COC(=O)C1CC(C)=C1c1ccccc1. The number of rotatable bonds is 2. The zero-order chi connectivity index (χ0) is 10.8. The molecule has 1 aromatic carbocycles. The standard InChI is InChI=1S/C13H14O2/c1-9-8-11(13(14)15-2)12(9)10-6-4-3-5-7-10/h3-7,11H,8H2,1-2H3. The van der Waals surface area contributed by atoms with Gasteiger partial charge in [-0.15, -0.1) is 0 Å². The molecular formula is C13H14O2. The number of carbonyl (C=O) groups excluding carboxylic acids is 1. The van der Waals surface area contributed by atoms with Crippen molar-refractivity contribution < 1.29 is 9.53 Å². The lowest BCUT2D eigenvalue weighted by atomic mass is 9.75. The molecule has 15 heavy (non-hydrogen) atoms. The van der Waals surface area contributed by atoms with Crippen molar-refractivity contribution in [1.29, 1.82) is 0 Å². The molecule has 0 saturated carbocycles. The maximum Gasteiger partial charge on any atom is 0.313 e. The van der Waals surface area contributed by atoms with Crippen LogP contribution in [-0.4, -0.2) is 13.1 Å². The predicted octanol–water partition coefficient (Wildman–Crippen LogP) is 2.65. The van der Waals surface area contributed by atoms with E-state index in [1.165, 1.54) is 12.7 Å². The average Bonchev–Trinajstić information content (AvgIpc) is 2.26. The van der Waals surface area contributed by atoms with Crippen LogP contribution in [0, 0.1) is 5.92 Å². The van der Waals surface area contributed by atoms with Crippen LogP contribution in [0.2, 0.25) is 0 Å². The van der Waals surface area contributed by atoms with Crippen LogP contribution in [0.25, 0.3) is 5.57 Å². The van der Waals surface area contributed by atoms with Crippen molar-refractivity contribution in [2.45, 2.75) is 13.3 Å². The second kappa shape index (κ2) is 3.89. The Morgan fingerprint density at radius 2 is 2.00 bits per heavy atom. The Labute approximate surface area is 89.6 Å². The first kappa shape index (κ1) is 9.97. The highest BCUT2D eigenvalue weighted by Crippen LogP contribution is 2.41. The van der Waals surface area contributed by atoms with Gasteiger partial charge in [-0.05, 0) is 24.5 Å². The Morgan fingerprint density at radius 1 is 1.33 bits per heavy atom. The molecule has 1 aromatic rings. The Hall–Kier alpha value is -1.57. The molecule has 0 saturated heterocycles. The molecule has 1 aliphatic carbocycles. The first-order valence-corrected chi connectivity index (χ1v) is 5.07. The minimum Gasteiger partial charge on any atom is -0.469 e. The number of hydrogen-bond donors (Lipinski definition) is 0. The maximum absolute atomic E-state index is 11.5. The van der Waals surface area contributed by atoms with Crippen molar-refractivity contribution in [3.63, 3.8) is 0 Å². The maximum atomic E-state index is 11.5. The zero-order valence-corrected chi connectivity index (χ0v) is 8.99. The van der Waals surface area contributed by atoms with Crippen LogP contribution in [0.3, 0.4) is 0 Å². The van der Waals surface area contributed by atoms with Gasteiger partial charge in [0.05, 0.1) is 13.0 Å². The molecule has 0 aromatic heterocycles. The Bertz CT molecular complexity index is 404. The van der Waals surface area contributed by atoms with Gasteiger partial charge in [-0.1, -0.05) is 35.9 Å². The van der Waals surface area contributed by atoms with E-state index in [4.69, 9.17) is 4.74 Å². The summed E-state index contributed by atoms with van der Waals surface area (Å²) < 4.78 is 4.78. The van der Waals surface area contributed by atoms with Crippen molar-refractivity contribution in [2.75, 3.05) is 7.11 Å². The van der Waals surface area contributed by atoms with Gasteiger partial charge in [0.15, 0.2) is 0 Å². The number of carbonyl (C=O) groups is 1. The Morgan fingerprint density at radius 3 is 2.53 bits per heavy atom. The molecule has 1 unspecified atom stereocenters. The predicted molar refractivity (Wildman–Crippen MR) is 59.2 cm³/mol. The molecule has 2 rings (SSSR count). The van der Waals surface area contributed by atoms with Crippen molar-refractivity contribution in [2.24, 2.45) is 5.92 Å². The first-order valence-electron chi connectivity index (χ1n) is 5.07. The second-order valence-corrected chi connectivity index (χ2v) is 3.84. The Kier molecular flexibility index (Phi) is 2.58. The third-order valence-corrected chi connectivity index (χ3v) is 2.89. The molecule has 0 heterocycles. The van der Waals surface area contributed by atoms with Gasteiger partial charge in [-0.25, -0.2) is 0 Å². The number of ether oxygens (including phenoxy) is 1. The van der Waals surface area contributed by atoms with Crippen molar-refractivity contribution in [3.05, 3.63) is 41.5 Å². The summed E-state index contributed by atoms with van der Waals surface area (Å²) in [4.78, 5) is 11.5. The van der Waals surface area contributed by atoms with E-state index in [1.807, 2.05) is 30.3 Å². The summed E-state index contributed by atoms with van der Waals surface area (Å²) in [5.41, 5.74) is 3.57. The first-order chi connectivity index (χ1) is 7.24. The van der Waals surface area contributed by atoms with Crippen molar-refractivity contribution >= 4 is 11.5 Å². The minimum absolute atomic E-state index is 0.0580. The van der Waals surface area contributed by atoms with Crippen LogP contribution in [0.1, 0.15) is 18.9 Å². The normalized spacial score (nSPS) is 19.7. The van der Waals surface area contributed by atoms with Crippen molar-refractivity contribution in [1.82, 2.24) is 0 Å². The van der Waals surface area contributed by atoms with E-state index in [9.17, 15) is 4.79 Å². The molecule has 0 N–H and O–H groups in total. The topological polar surface area (TPSA) is 26.3 Å². The van der Waals surface area contributed by atoms with E-state index in [0.717, 1.165) is 17.6 Å². The van der Waals surface area contributed by atoms with E-state index < -0.39 is 0 Å². The van der Waals surface area contributed by atoms with Gasteiger partial charge in [0.25, 0.3) is 0 Å². The van der Waals surface area contributed by atoms with Crippen LogP contribution >= 0.6 is 0 Å². The number of allylic oxidation sites excluding steroid dienone is 1. The van der Waals surface area contributed by atoms with Gasteiger partial charge >= 0.3 is 5.97 Å². The summed E-state index contributed by atoms with van der Waals surface area (Å²) in [6, 6.07) is 10.0. The molecule has 0 radical (unpaired) electrons. The average molecular weight is 202 g/mol. The molecule has 0 amide bonds. The number of methoxy groups -OCH3 is 1. The zero-order valence-electron chi connectivity index (χ0n) is 8.99. The second-order valence-electron chi connectivity index (χ2n) is 3.84. The molecular weight excluding hydrogens is 188 g/mol. The highest BCUT2D eigenvalue weighted by Gasteiger charge is 2.34. The van der Waals surface area contributed by atoms with Gasteiger partial charge < -0.3 is 4.74 Å². The molecule has 0 bridgehead atoms. The molecule has 0 spiro atoms. The summed E-state index contributed by atoms with van der Waals surface area (Å²) in [5.74, 6) is -0.183. The lowest BCUT2D eigenvalue weighted by Crippen LogP contribution is -2.26. The van der Waals surface area contributed by atoms with Crippen LogP contribution in [-0.2, 0) is 9.53 Å². The smallest absolute Gasteiger partial charge is 0.313 e. The summed E-state index contributed by atoms with van der Waals surface area (Å²) in [6.07, 6.45) is 0.830. The monoisotopic (exact) mass is 202 g/mol. The summed E-state index contributed by atoms with van der Waals surface area (Å²) >= 11 is 0. The van der Waals surface area contributed by atoms with Gasteiger partial charge in [-0.3, -0.25) is 4.79 Å². The van der Waals surface area contributed by atoms with Crippen LogP contribution in [0.15, 0.2) is 35.9 Å². The minimum atomic E-state index is -0.126. The molecule has 2 nitrogen and oxygen atoms in total. The lowest BCUT2D eigenvalue weighted by Gasteiger charge is -2.30. The van der Waals surface area contributed by atoms with Crippen LogP contribution < -0.4 is 0 Å². The number of hydrogen-bond acceptors (Lipinski definition) is 2. The fourth-order valence-electron chi connectivity index (χ4n) is 2.09. The van der Waals surface area contributed by atoms with Gasteiger partial charge in [0.2, 0.25) is 0 Å². The van der Waals surface area contributed by atoms with Gasteiger partial charge in [-0.2, -0.15) is 0 Å². The third kappa shape index (κ3) is 1.67. The molecule has 1 aliphatic rings.